The lowest BCUT2D eigenvalue weighted by molar-refractivity contribution is 0.271. The van der Waals surface area contributed by atoms with Gasteiger partial charge in [0.1, 0.15) is 5.54 Å². The second-order valence-electron chi connectivity index (χ2n) is 8.53. The molecule has 0 bridgehead atoms. The van der Waals surface area contributed by atoms with Crippen LogP contribution < -0.4 is 0 Å². The van der Waals surface area contributed by atoms with Gasteiger partial charge < -0.3 is 0 Å². The van der Waals surface area contributed by atoms with Crippen molar-refractivity contribution < 1.29 is 0 Å². The molecule has 0 aromatic heterocycles. The van der Waals surface area contributed by atoms with Gasteiger partial charge in [-0.1, -0.05) is 103 Å². The Morgan fingerprint density at radius 1 is 0.647 bits per heavy atom. The summed E-state index contributed by atoms with van der Waals surface area (Å²) >= 11 is 6.22. The fourth-order valence-electron chi connectivity index (χ4n) is 4.71. The average Bonchev–Trinajstić information content (AvgIpc) is 3.31. The molecule has 2 aliphatic heterocycles. The lowest BCUT2D eigenvalue weighted by Crippen LogP contribution is -2.44. The van der Waals surface area contributed by atoms with Crippen LogP contribution in [0.2, 0.25) is 5.02 Å². The number of halogens is 1. The number of fused-ring (bicyclic) bond motifs is 1. The third kappa shape index (κ3) is 3.55. The van der Waals surface area contributed by atoms with E-state index in [1.807, 2.05) is 36.4 Å². The van der Waals surface area contributed by atoms with E-state index in [0.29, 0.717) is 5.02 Å². The van der Waals surface area contributed by atoms with Crippen LogP contribution in [0.4, 0.5) is 0 Å². The SMILES string of the molecule is Clc1ccc(C2=NC(c3ccccc3)=CC3(c4ccccc4)CC(c4ccccc4)=NN23)cc1. The number of hydrogen-bond acceptors (Lipinski definition) is 3. The van der Waals surface area contributed by atoms with Gasteiger partial charge in [0.25, 0.3) is 0 Å². The standard InChI is InChI=1S/C30H22ClN3/c31-26-18-16-24(17-19-26)29-32-27(22-10-4-1-5-11-22)20-30(25-14-8-3-9-15-25)21-28(33-34(29)30)23-12-6-2-7-13-23/h1-20H,21H2. The lowest BCUT2D eigenvalue weighted by atomic mass is 9.81. The molecule has 34 heavy (non-hydrogen) atoms. The van der Waals surface area contributed by atoms with Crippen molar-refractivity contribution in [3.05, 3.63) is 149 Å². The first-order valence-electron chi connectivity index (χ1n) is 11.3. The Kier molecular flexibility index (Phi) is 5.12. The van der Waals surface area contributed by atoms with Crippen molar-refractivity contribution in [3.8, 4) is 0 Å². The van der Waals surface area contributed by atoms with Crippen molar-refractivity contribution in [3.63, 3.8) is 0 Å². The maximum Gasteiger partial charge on any atom is 0.157 e. The summed E-state index contributed by atoms with van der Waals surface area (Å²) in [5.74, 6) is 0.813. The molecule has 2 aliphatic rings. The van der Waals surface area contributed by atoms with Gasteiger partial charge in [0, 0.05) is 17.0 Å². The highest BCUT2D eigenvalue weighted by Crippen LogP contribution is 2.46. The van der Waals surface area contributed by atoms with E-state index in [-0.39, 0.29) is 0 Å². The van der Waals surface area contributed by atoms with E-state index in [1.165, 1.54) is 5.56 Å². The van der Waals surface area contributed by atoms with Crippen LogP contribution in [-0.4, -0.2) is 16.6 Å². The predicted octanol–water partition coefficient (Wildman–Crippen LogP) is 7.15. The zero-order valence-electron chi connectivity index (χ0n) is 18.5. The molecule has 0 fully saturated rings. The minimum absolute atomic E-state index is 0.492. The Morgan fingerprint density at radius 3 is 1.88 bits per heavy atom. The third-order valence-corrected chi connectivity index (χ3v) is 6.64. The van der Waals surface area contributed by atoms with Crippen molar-refractivity contribution in [2.24, 2.45) is 10.1 Å². The van der Waals surface area contributed by atoms with Crippen LogP contribution in [0.3, 0.4) is 0 Å². The second-order valence-corrected chi connectivity index (χ2v) is 8.97. The molecule has 0 aliphatic carbocycles. The molecule has 0 saturated carbocycles. The largest absolute Gasteiger partial charge is 0.232 e. The van der Waals surface area contributed by atoms with Gasteiger partial charge in [0.05, 0.1) is 11.4 Å². The predicted molar refractivity (Wildman–Crippen MR) is 140 cm³/mol. The molecule has 6 rings (SSSR count). The molecule has 4 heteroatoms. The molecule has 0 amide bonds. The van der Waals surface area contributed by atoms with E-state index >= 15 is 0 Å². The monoisotopic (exact) mass is 459 g/mol. The first-order valence-corrected chi connectivity index (χ1v) is 11.7. The summed E-state index contributed by atoms with van der Waals surface area (Å²) in [7, 11) is 0. The maximum absolute atomic E-state index is 6.22. The summed E-state index contributed by atoms with van der Waals surface area (Å²) in [5, 5.41) is 7.97. The molecular weight excluding hydrogens is 438 g/mol. The number of amidine groups is 1. The van der Waals surface area contributed by atoms with E-state index in [1.54, 1.807) is 0 Å². The van der Waals surface area contributed by atoms with E-state index in [2.05, 4.69) is 89.9 Å². The Balaban J connectivity index is 1.60. The molecule has 0 spiro atoms. The number of aliphatic imine (C=N–C) groups is 1. The highest BCUT2D eigenvalue weighted by molar-refractivity contribution is 6.30. The number of hydrogen-bond donors (Lipinski definition) is 0. The van der Waals surface area contributed by atoms with Crippen LogP contribution in [0, 0.1) is 0 Å². The summed E-state index contributed by atoms with van der Waals surface area (Å²) in [5.41, 5.74) is 5.85. The first-order chi connectivity index (χ1) is 16.7. The van der Waals surface area contributed by atoms with Crippen molar-refractivity contribution in [1.29, 1.82) is 0 Å². The Morgan fingerprint density at radius 2 is 1.24 bits per heavy atom. The fourth-order valence-corrected chi connectivity index (χ4v) is 4.84. The molecule has 1 atom stereocenters. The van der Waals surface area contributed by atoms with Gasteiger partial charge in [-0.15, -0.1) is 0 Å². The molecule has 4 aromatic carbocycles. The van der Waals surface area contributed by atoms with Gasteiger partial charge in [-0.25, -0.2) is 10.0 Å². The molecule has 2 heterocycles. The van der Waals surface area contributed by atoms with Gasteiger partial charge in [-0.3, -0.25) is 0 Å². The van der Waals surface area contributed by atoms with Crippen molar-refractivity contribution >= 4 is 28.8 Å². The van der Waals surface area contributed by atoms with E-state index in [9.17, 15) is 0 Å². The summed E-state index contributed by atoms with van der Waals surface area (Å²) in [4.78, 5) is 5.15. The van der Waals surface area contributed by atoms with Crippen LogP contribution in [0.1, 0.15) is 28.7 Å². The summed E-state index contributed by atoms with van der Waals surface area (Å²) < 4.78 is 0. The van der Waals surface area contributed by atoms with E-state index < -0.39 is 5.54 Å². The van der Waals surface area contributed by atoms with E-state index in [4.69, 9.17) is 21.7 Å². The Bertz CT molecular complexity index is 1410. The third-order valence-electron chi connectivity index (χ3n) is 6.39. The average molecular weight is 460 g/mol. The topological polar surface area (TPSA) is 28.0 Å². The molecule has 0 N–H and O–H groups in total. The van der Waals surface area contributed by atoms with E-state index in [0.717, 1.165) is 40.4 Å². The van der Waals surface area contributed by atoms with Gasteiger partial charge in [-0.2, -0.15) is 5.10 Å². The summed E-state index contributed by atoms with van der Waals surface area (Å²) in [6.45, 7) is 0. The molecule has 1 unspecified atom stereocenters. The highest BCUT2D eigenvalue weighted by atomic mass is 35.5. The molecule has 0 radical (unpaired) electrons. The van der Waals surface area contributed by atoms with Crippen LogP contribution in [0.5, 0.6) is 0 Å². The minimum Gasteiger partial charge on any atom is -0.232 e. The van der Waals surface area contributed by atoms with Gasteiger partial charge in [-0.05, 0) is 47.0 Å². The highest BCUT2D eigenvalue weighted by Gasteiger charge is 2.47. The van der Waals surface area contributed by atoms with Crippen molar-refractivity contribution in [2.45, 2.75) is 12.0 Å². The summed E-state index contributed by atoms with van der Waals surface area (Å²) in [6, 6.07) is 39.2. The van der Waals surface area contributed by atoms with Gasteiger partial charge in [0.15, 0.2) is 5.84 Å². The number of benzene rings is 4. The van der Waals surface area contributed by atoms with Gasteiger partial charge in [0.2, 0.25) is 0 Å². The number of nitrogens with zero attached hydrogens (tertiary/aromatic N) is 3. The Labute approximate surface area is 204 Å². The van der Waals surface area contributed by atoms with Crippen LogP contribution in [-0.2, 0) is 5.54 Å². The normalized spacial score (nSPS) is 19.2. The molecule has 3 nitrogen and oxygen atoms in total. The minimum atomic E-state index is -0.492. The second kappa shape index (κ2) is 8.44. The zero-order chi connectivity index (χ0) is 23.0. The molecule has 0 saturated heterocycles. The smallest absolute Gasteiger partial charge is 0.157 e. The van der Waals surface area contributed by atoms with Crippen LogP contribution >= 0.6 is 11.6 Å². The Hall–Kier alpha value is -3.95. The van der Waals surface area contributed by atoms with Crippen molar-refractivity contribution in [1.82, 2.24) is 5.01 Å². The van der Waals surface area contributed by atoms with Crippen LogP contribution in [0.15, 0.2) is 131 Å². The quantitative estimate of drug-likeness (QED) is 0.318. The molecule has 4 aromatic rings. The summed E-state index contributed by atoms with van der Waals surface area (Å²) in [6.07, 6.45) is 3.01. The fraction of sp³-hybridized carbons (Fsp3) is 0.0667. The maximum atomic E-state index is 6.22. The van der Waals surface area contributed by atoms with Crippen LogP contribution in [0.25, 0.3) is 5.70 Å². The molecule has 164 valence electrons. The van der Waals surface area contributed by atoms with Crippen molar-refractivity contribution in [2.75, 3.05) is 0 Å². The molecular formula is C30H22ClN3. The zero-order valence-corrected chi connectivity index (χ0v) is 19.2. The van der Waals surface area contributed by atoms with Gasteiger partial charge >= 0.3 is 0 Å². The lowest BCUT2D eigenvalue weighted by Gasteiger charge is -2.39. The first kappa shape index (κ1) is 20.6. The number of hydrazone groups is 1. The number of rotatable bonds is 4.